The molecule has 3 heteroatoms. The first kappa shape index (κ1) is 12.8. The van der Waals surface area contributed by atoms with Crippen molar-refractivity contribution >= 4 is 17.6 Å². The second kappa shape index (κ2) is 6.33. The van der Waals surface area contributed by atoms with Gasteiger partial charge in [0.05, 0.1) is 0 Å². The number of halogens is 1. The van der Waals surface area contributed by atoms with Gasteiger partial charge in [-0.15, -0.1) is 6.58 Å². The average molecular weight is 239 g/mol. The van der Waals surface area contributed by atoms with Gasteiger partial charge in [0.2, 0.25) is 0 Å². The highest BCUT2D eigenvalue weighted by Crippen LogP contribution is 2.28. The summed E-state index contributed by atoms with van der Waals surface area (Å²) in [6.07, 6.45) is 2.31. The molecule has 1 atom stereocenters. The third kappa shape index (κ3) is 3.38. The number of rotatable bonds is 5. The summed E-state index contributed by atoms with van der Waals surface area (Å²) in [7, 11) is 0. The van der Waals surface area contributed by atoms with E-state index in [-0.39, 0.29) is 12.1 Å². The first-order valence-electron chi connectivity index (χ1n) is 5.23. The average Bonchev–Trinajstić information content (AvgIpc) is 2.29. The Balaban J connectivity index is 2.89. The maximum absolute atomic E-state index is 11.3. The van der Waals surface area contributed by atoms with Gasteiger partial charge in [-0.3, -0.25) is 4.79 Å². The van der Waals surface area contributed by atoms with Crippen LogP contribution in [0.5, 0.6) is 0 Å². The summed E-state index contributed by atoms with van der Waals surface area (Å²) < 4.78 is 5.31. The van der Waals surface area contributed by atoms with Crippen LogP contribution in [0.2, 0.25) is 5.02 Å². The molecule has 0 spiro atoms. The highest BCUT2D eigenvalue weighted by molar-refractivity contribution is 6.31. The standard InChI is InChI=1S/C13H15ClO2/c1-3-7-12(16-13(15)4-2)10-8-5-6-9-11(10)14/h3,5-6,8-9,12H,1,4,7H2,2H3. The van der Waals surface area contributed by atoms with E-state index in [1.807, 2.05) is 18.2 Å². The molecular weight excluding hydrogens is 224 g/mol. The maximum atomic E-state index is 11.3. The van der Waals surface area contributed by atoms with Crippen LogP contribution in [0.1, 0.15) is 31.4 Å². The zero-order valence-corrected chi connectivity index (χ0v) is 10.0. The molecule has 0 saturated heterocycles. The van der Waals surface area contributed by atoms with Crippen molar-refractivity contribution in [2.45, 2.75) is 25.9 Å². The SMILES string of the molecule is C=CCC(OC(=O)CC)c1ccccc1Cl. The molecule has 0 aromatic heterocycles. The lowest BCUT2D eigenvalue weighted by Crippen LogP contribution is -2.10. The molecule has 0 bridgehead atoms. The van der Waals surface area contributed by atoms with Crippen LogP contribution in [0.25, 0.3) is 0 Å². The van der Waals surface area contributed by atoms with Gasteiger partial charge >= 0.3 is 5.97 Å². The largest absolute Gasteiger partial charge is 0.457 e. The van der Waals surface area contributed by atoms with Crippen LogP contribution in [0, 0.1) is 0 Å². The summed E-state index contributed by atoms with van der Waals surface area (Å²) in [5.41, 5.74) is 0.825. The number of carbonyl (C=O) groups is 1. The number of hydrogen-bond donors (Lipinski definition) is 0. The van der Waals surface area contributed by atoms with E-state index in [1.54, 1.807) is 19.1 Å². The highest BCUT2D eigenvalue weighted by atomic mass is 35.5. The lowest BCUT2D eigenvalue weighted by atomic mass is 10.1. The van der Waals surface area contributed by atoms with E-state index in [2.05, 4.69) is 6.58 Å². The Hall–Kier alpha value is -1.28. The van der Waals surface area contributed by atoms with E-state index in [4.69, 9.17) is 16.3 Å². The van der Waals surface area contributed by atoms with Gasteiger partial charge in [0.25, 0.3) is 0 Å². The maximum Gasteiger partial charge on any atom is 0.306 e. The first-order chi connectivity index (χ1) is 7.69. The zero-order chi connectivity index (χ0) is 12.0. The van der Waals surface area contributed by atoms with Gasteiger partial charge in [0.1, 0.15) is 6.10 Å². The van der Waals surface area contributed by atoms with Crippen LogP contribution in [0.15, 0.2) is 36.9 Å². The lowest BCUT2D eigenvalue weighted by molar-refractivity contribution is -0.148. The third-order valence-electron chi connectivity index (χ3n) is 2.20. The molecule has 1 unspecified atom stereocenters. The Kier molecular flexibility index (Phi) is 5.06. The molecule has 2 nitrogen and oxygen atoms in total. The van der Waals surface area contributed by atoms with Gasteiger partial charge < -0.3 is 4.74 Å². The van der Waals surface area contributed by atoms with E-state index < -0.39 is 0 Å². The highest BCUT2D eigenvalue weighted by Gasteiger charge is 2.16. The van der Waals surface area contributed by atoms with Crippen molar-refractivity contribution in [1.29, 1.82) is 0 Å². The second-order valence-corrected chi connectivity index (χ2v) is 3.79. The fraction of sp³-hybridized carbons (Fsp3) is 0.308. The number of hydrogen-bond acceptors (Lipinski definition) is 2. The quantitative estimate of drug-likeness (QED) is 0.574. The van der Waals surface area contributed by atoms with Gasteiger partial charge in [-0.2, -0.15) is 0 Å². The molecule has 0 aliphatic heterocycles. The molecule has 0 aliphatic rings. The molecule has 1 rings (SSSR count). The van der Waals surface area contributed by atoms with Crippen molar-refractivity contribution in [2.75, 3.05) is 0 Å². The van der Waals surface area contributed by atoms with E-state index in [0.717, 1.165) is 5.56 Å². The normalized spacial score (nSPS) is 11.9. The molecule has 0 N–H and O–H groups in total. The number of carbonyl (C=O) groups excluding carboxylic acids is 1. The Morgan fingerprint density at radius 2 is 2.25 bits per heavy atom. The van der Waals surface area contributed by atoms with Crippen molar-refractivity contribution in [3.63, 3.8) is 0 Å². The van der Waals surface area contributed by atoms with E-state index >= 15 is 0 Å². The van der Waals surface area contributed by atoms with Crippen molar-refractivity contribution in [3.8, 4) is 0 Å². The van der Waals surface area contributed by atoms with Crippen LogP contribution in [0.3, 0.4) is 0 Å². The van der Waals surface area contributed by atoms with Gasteiger partial charge in [0, 0.05) is 23.4 Å². The zero-order valence-electron chi connectivity index (χ0n) is 9.28. The summed E-state index contributed by atoms with van der Waals surface area (Å²) >= 11 is 6.06. The Morgan fingerprint density at radius 3 is 2.81 bits per heavy atom. The Bertz CT molecular complexity index is 374. The van der Waals surface area contributed by atoms with Gasteiger partial charge in [0.15, 0.2) is 0 Å². The minimum atomic E-state index is -0.335. The molecule has 0 radical (unpaired) electrons. The minimum absolute atomic E-state index is 0.230. The lowest BCUT2D eigenvalue weighted by Gasteiger charge is -2.17. The summed E-state index contributed by atoms with van der Waals surface area (Å²) in [6, 6.07) is 7.36. The van der Waals surface area contributed by atoms with Crippen LogP contribution in [-0.2, 0) is 9.53 Å². The van der Waals surface area contributed by atoms with E-state index in [1.165, 1.54) is 0 Å². The number of benzene rings is 1. The predicted molar refractivity (Wildman–Crippen MR) is 65.4 cm³/mol. The molecule has 86 valence electrons. The topological polar surface area (TPSA) is 26.3 Å². The van der Waals surface area contributed by atoms with Crippen molar-refractivity contribution in [2.24, 2.45) is 0 Å². The molecule has 0 heterocycles. The van der Waals surface area contributed by atoms with E-state index in [9.17, 15) is 4.79 Å². The fourth-order valence-electron chi connectivity index (χ4n) is 1.37. The van der Waals surface area contributed by atoms with Crippen LogP contribution >= 0.6 is 11.6 Å². The van der Waals surface area contributed by atoms with Crippen LogP contribution < -0.4 is 0 Å². The summed E-state index contributed by atoms with van der Waals surface area (Å²) in [4.78, 5) is 11.3. The van der Waals surface area contributed by atoms with Crippen molar-refractivity contribution in [1.82, 2.24) is 0 Å². The molecular formula is C13H15ClO2. The van der Waals surface area contributed by atoms with Crippen molar-refractivity contribution < 1.29 is 9.53 Å². The molecule has 0 saturated carbocycles. The van der Waals surface area contributed by atoms with Gasteiger partial charge in [-0.05, 0) is 6.07 Å². The van der Waals surface area contributed by atoms with E-state index in [0.29, 0.717) is 17.9 Å². The molecule has 0 aliphatic carbocycles. The first-order valence-corrected chi connectivity index (χ1v) is 5.61. The van der Waals surface area contributed by atoms with Gasteiger partial charge in [-0.25, -0.2) is 0 Å². The van der Waals surface area contributed by atoms with Crippen LogP contribution in [-0.4, -0.2) is 5.97 Å². The summed E-state index contributed by atoms with van der Waals surface area (Å²) in [5, 5.41) is 0.609. The summed E-state index contributed by atoms with van der Waals surface area (Å²) in [5.74, 6) is -0.230. The molecule has 1 aromatic carbocycles. The third-order valence-corrected chi connectivity index (χ3v) is 2.54. The molecule has 0 amide bonds. The smallest absolute Gasteiger partial charge is 0.306 e. The van der Waals surface area contributed by atoms with Crippen molar-refractivity contribution in [3.05, 3.63) is 47.5 Å². The van der Waals surface area contributed by atoms with Gasteiger partial charge in [-0.1, -0.05) is 42.8 Å². The fourth-order valence-corrected chi connectivity index (χ4v) is 1.63. The number of ether oxygens (including phenoxy) is 1. The molecule has 16 heavy (non-hydrogen) atoms. The Morgan fingerprint density at radius 1 is 1.56 bits per heavy atom. The monoisotopic (exact) mass is 238 g/mol. The second-order valence-electron chi connectivity index (χ2n) is 3.38. The van der Waals surface area contributed by atoms with Crippen LogP contribution in [0.4, 0.5) is 0 Å². The predicted octanol–water partition coefficient (Wildman–Crippen LogP) is 3.91. The minimum Gasteiger partial charge on any atom is -0.457 e. The molecule has 1 aromatic rings. The summed E-state index contributed by atoms with van der Waals surface area (Å²) in [6.45, 7) is 5.42. The Labute approximate surface area is 101 Å². The number of esters is 1. The molecule has 0 fully saturated rings.